The molecule has 0 aliphatic carbocycles. The van der Waals surface area contributed by atoms with Crippen LogP contribution < -0.4 is 0 Å². The van der Waals surface area contributed by atoms with Crippen LogP contribution in [0.25, 0.3) is 10.4 Å². The van der Waals surface area contributed by atoms with Crippen LogP contribution in [0.15, 0.2) is 5.11 Å². The monoisotopic (exact) mass is 214 g/mol. The van der Waals surface area contributed by atoms with Gasteiger partial charge in [-0.3, -0.25) is 0 Å². The van der Waals surface area contributed by atoms with Crippen molar-refractivity contribution in [1.82, 2.24) is 4.90 Å². The summed E-state index contributed by atoms with van der Waals surface area (Å²) < 4.78 is 4.80. The molecule has 1 N–H and O–H groups in total. The number of hydrogen-bond donors (Lipinski definition) is 1. The zero-order chi connectivity index (χ0) is 11.3. The van der Waals surface area contributed by atoms with E-state index in [-0.39, 0.29) is 6.54 Å². The molecular weight excluding hydrogens is 200 g/mol. The lowest BCUT2D eigenvalue weighted by molar-refractivity contribution is 0.0403. The van der Waals surface area contributed by atoms with E-state index in [1.807, 2.05) is 0 Å². The number of piperidine rings is 1. The smallest absolute Gasteiger partial charge is 0.409 e. The van der Waals surface area contributed by atoms with Crippen molar-refractivity contribution in [1.29, 1.82) is 0 Å². The number of azide groups is 1. The molecule has 15 heavy (non-hydrogen) atoms. The summed E-state index contributed by atoms with van der Waals surface area (Å²) in [4.78, 5) is 15.4. The molecule has 1 amide bonds. The molecule has 0 aromatic rings. The number of aliphatic hydroxyl groups excluding tert-OH is 1. The van der Waals surface area contributed by atoms with Gasteiger partial charge in [-0.15, -0.1) is 0 Å². The summed E-state index contributed by atoms with van der Waals surface area (Å²) in [5.74, 6) is 0. The van der Waals surface area contributed by atoms with E-state index in [1.165, 1.54) is 4.90 Å². The Morgan fingerprint density at radius 1 is 1.80 bits per heavy atom. The summed E-state index contributed by atoms with van der Waals surface area (Å²) in [5, 5.41) is 13.0. The third kappa shape index (κ3) is 3.00. The van der Waals surface area contributed by atoms with Crippen LogP contribution in [-0.4, -0.2) is 47.9 Å². The fourth-order valence-corrected chi connectivity index (χ4v) is 1.50. The molecule has 7 nitrogen and oxygen atoms in total. The van der Waals surface area contributed by atoms with Gasteiger partial charge in [-0.25, -0.2) is 4.79 Å². The zero-order valence-corrected chi connectivity index (χ0v) is 8.54. The van der Waals surface area contributed by atoms with Gasteiger partial charge in [0.2, 0.25) is 0 Å². The van der Waals surface area contributed by atoms with Crippen LogP contribution in [-0.2, 0) is 4.74 Å². The predicted octanol–water partition coefficient (Wildman–Crippen LogP) is 0.888. The van der Waals surface area contributed by atoms with E-state index in [2.05, 4.69) is 10.0 Å². The number of nitrogens with zero attached hydrogens (tertiary/aromatic N) is 4. The quantitative estimate of drug-likeness (QED) is 0.419. The Morgan fingerprint density at radius 3 is 3.07 bits per heavy atom. The van der Waals surface area contributed by atoms with Crippen molar-refractivity contribution in [2.24, 2.45) is 5.11 Å². The fraction of sp³-hybridized carbons (Fsp3) is 0.875. The van der Waals surface area contributed by atoms with Gasteiger partial charge in [0.05, 0.1) is 25.3 Å². The normalized spacial score (nSPS) is 25.6. The molecule has 0 bridgehead atoms. The maximum atomic E-state index is 11.3. The van der Waals surface area contributed by atoms with E-state index >= 15 is 0 Å². The van der Waals surface area contributed by atoms with Crippen molar-refractivity contribution in [3.05, 3.63) is 10.4 Å². The number of rotatable bonds is 2. The average molecular weight is 214 g/mol. The van der Waals surface area contributed by atoms with Crippen molar-refractivity contribution in [3.8, 4) is 0 Å². The lowest BCUT2D eigenvalue weighted by atomic mass is 10.0. The molecule has 7 heteroatoms. The zero-order valence-electron chi connectivity index (χ0n) is 8.54. The maximum Gasteiger partial charge on any atom is 0.409 e. The molecule has 0 saturated carbocycles. The SMILES string of the molecule is CCOC(=O)N1CC[C@@H](N=[N+]=[N-])[C@H](O)C1. The minimum atomic E-state index is -0.806. The van der Waals surface area contributed by atoms with Crippen LogP contribution in [0.2, 0.25) is 0 Å². The van der Waals surface area contributed by atoms with Crippen LogP contribution >= 0.6 is 0 Å². The Hall–Kier alpha value is -1.46. The average Bonchev–Trinajstić information content (AvgIpc) is 2.21. The van der Waals surface area contributed by atoms with Crippen molar-refractivity contribution < 1.29 is 14.6 Å². The lowest BCUT2D eigenvalue weighted by Gasteiger charge is -2.32. The number of carbonyl (C=O) groups excluding carboxylic acids is 1. The van der Waals surface area contributed by atoms with Gasteiger partial charge in [-0.1, -0.05) is 5.11 Å². The highest BCUT2D eigenvalue weighted by Gasteiger charge is 2.29. The number of hydrogen-bond acceptors (Lipinski definition) is 4. The molecule has 0 radical (unpaired) electrons. The third-order valence-electron chi connectivity index (χ3n) is 2.27. The fourth-order valence-electron chi connectivity index (χ4n) is 1.50. The summed E-state index contributed by atoms with van der Waals surface area (Å²) in [6.45, 7) is 2.63. The number of aliphatic hydroxyl groups is 1. The van der Waals surface area contributed by atoms with Gasteiger partial charge < -0.3 is 14.7 Å². The highest BCUT2D eigenvalue weighted by atomic mass is 16.6. The summed E-state index contributed by atoms with van der Waals surface area (Å²) in [6.07, 6.45) is -0.778. The van der Waals surface area contributed by atoms with Gasteiger partial charge in [-0.05, 0) is 18.9 Å². The van der Waals surface area contributed by atoms with E-state index in [0.29, 0.717) is 19.6 Å². The van der Waals surface area contributed by atoms with E-state index < -0.39 is 18.2 Å². The van der Waals surface area contributed by atoms with E-state index in [4.69, 9.17) is 10.3 Å². The van der Waals surface area contributed by atoms with Crippen LogP contribution in [0.5, 0.6) is 0 Å². The number of likely N-dealkylation sites (tertiary alicyclic amines) is 1. The largest absolute Gasteiger partial charge is 0.450 e. The van der Waals surface area contributed by atoms with Gasteiger partial charge >= 0.3 is 6.09 Å². The Labute approximate surface area is 87.3 Å². The molecule has 1 saturated heterocycles. The molecule has 1 aliphatic heterocycles. The molecule has 0 spiro atoms. The second kappa shape index (κ2) is 5.43. The third-order valence-corrected chi connectivity index (χ3v) is 2.27. The van der Waals surface area contributed by atoms with E-state index in [0.717, 1.165) is 0 Å². The molecule has 1 heterocycles. The van der Waals surface area contributed by atoms with E-state index in [9.17, 15) is 9.90 Å². The molecule has 84 valence electrons. The van der Waals surface area contributed by atoms with Gasteiger partial charge in [0.1, 0.15) is 0 Å². The molecule has 1 fully saturated rings. The summed E-state index contributed by atoms with van der Waals surface area (Å²) in [5.41, 5.74) is 8.24. The molecule has 0 unspecified atom stereocenters. The van der Waals surface area contributed by atoms with Gasteiger partial charge in [0, 0.05) is 11.5 Å². The minimum absolute atomic E-state index is 0.155. The van der Waals surface area contributed by atoms with Crippen LogP contribution in [0.1, 0.15) is 13.3 Å². The summed E-state index contributed by atoms with van der Waals surface area (Å²) in [7, 11) is 0. The molecule has 0 aromatic carbocycles. The van der Waals surface area contributed by atoms with Gasteiger partial charge in [-0.2, -0.15) is 0 Å². The van der Waals surface area contributed by atoms with Crippen molar-refractivity contribution in [3.63, 3.8) is 0 Å². The first kappa shape index (κ1) is 11.6. The van der Waals surface area contributed by atoms with E-state index in [1.54, 1.807) is 6.92 Å². The second-order valence-corrected chi connectivity index (χ2v) is 3.27. The highest BCUT2D eigenvalue weighted by Crippen LogP contribution is 2.15. The van der Waals surface area contributed by atoms with Crippen LogP contribution in [0.3, 0.4) is 0 Å². The molecule has 1 rings (SSSR count). The lowest BCUT2D eigenvalue weighted by Crippen LogP contribution is -2.48. The first-order valence-electron chi connectivity index (χ1n) is 4.83. The van der Waals surface area contributed by atoms with Crippen LogP contribution in [0.4, 0.5) is 4.79 Å². The van der Waals surface area contributed by atoms with Crippen molar-refractivity contribution in [2.75, 3.05) is 19.7 Å². The Balaban J connectivity index is 2.50. The Bertz CT molecular complexity index is 277. The minimum Gasteiger partial charge on any atom is -0.450 e. The molecule has 0 aromatic heterocycles. The number of ether oxygens (including phenoxy) is 1. The summed E-state index contributed by atoms with van der Waals surface area (Å²) >= 11 is 0. The first-order valence-corrected chi connectivity index (χ1v) is 4.83. The molecule has 1 aliphatic rings. The predicted molar refractivity (Wildman–Crippen MR) is 52.2 cm³/mol. The Kier molecular flexibility index (Phi) is 4.20. The standard InChI is InChI=1S/C8H14N4O3/c1-2-15-8(14)12-4-3-6(10-11-9)7(13)5-12/h6-7,13H,2-5H2,1H3/t6-,7-/m1/s1. The molecular formula is C8H14N4O3. The van der Waals surface area contributed by atoms with Crippen LogP contribution in [0, 0.1) is 0 Å². The number of amides is 1. The molecule has 2 atom stereocenters. The van der Waals surface area contributed by atoms with Gasteiger partial charge in [0.25, 0.3) is 0 Å². The summed E-state index contributed by atoms with van der Waals surface area (Å²) in [6, 6.07) is -0.444. The van der Waals surface area contributed by atoms with Crippen molar-refractivity contribution in [2.45, 2.75) is 25.5 Å². The topological polar surface area (TPSA) is 98.5 Å². The number of β-amino-alcohol motifs (C(OH)–C–C–N with tert-alkyl or cyclic N) is 1. The second-order valence-electron chi connectivity index (χ2n) is 3.27. The van der Waals surface area contributed by atoms with Gasteiger partial charge in [0.15, 0.2) is 0 Å². The highest BCUT2D eigenvalue weighted by molar-refractivity contribution is 5.67. The maximum absolute atomic E-state index is 11.3. The van der Waals surface area contributed by atoms with Crippen molar-refractivity contribution >= 4 is 6.09 Å². The Morgan fingerprint density at radius 2 is 2.53 bits per heavy atom. The first-order chi connectivity index (χ1) is 7.19. The number of carbonyl (C=O) groups is 1.